The van der Waals surface area contributed by atoms with E-state index in [2.05, 4.69) is 5.32 Å². The Morgan fingerprint density at radius 1 is 1.29 bits per heavy atom. The molecule has 0 spiro atoms. The molecular weight excluding hydrogens is 216 g/mol. The molecule has 17 heavy (non-hydrogen) atoms. The molecule has 2 bridgehead atoms. The number of rotatable bonds is 0. The van der Waals surface area contributed by atoms with Crippen molar-refractivity contribution in [3.05, 3.63) is 0 Å². The summed E-state index contributed by atoms with van der Waals surface area (Å²) < 4.78 is 5.50. The van der Waals surface area contributed by atoms with Crippen LogP contribution in [-0.4, -0.2) is 42.3 Å². The molecule has 0 aromatic carbocycles. The molecule has 0 saturated carbocycles. The average molecular weight is 240 g/mol. The SMILES string of the molecule is CC(C)(C)OC(=O)N1C[C@@H]2CCC[C@@H]1CNC2. The molecule has 1 amide bonds. The summed E-state index contributed by atoms with van der Waals surface area (Å²) in [5.41, 5.74) is -0.398. The van der Waals surface area contributed by atoms with Crippen LogP contribution in [0.25, 0.3) is 0 Å². The maximum absolute atomic E-state index is 12.2. The zero-order valence-corrected chi connectivity index (χ0v) is 11.2. The largest absolute Gasteiger partial charge is 0.444 e. The molecule has 0 unspecified atom stereocenters. The molecule has 2 heterocycles. The van der Waals surface area contributed by atoms with E-state index in [1.165, 1.54) is 12.8 Å². The lowest BCUT2D eigenvalue weighted by Gasteiger charge is -2.31. The van der Waals surface area contributed by atoms with Crippen molar-refractivity contribution < 1.29 is 9.53 Å². The second-order valence-corrected chi connectivity index (χ2v) is 6.24. The van der Waals surface area contributed by atoms with Gasteiger partial charge in [0.05, 0.1) is 0 Å². The lowest BCUT2D eigenvalue weighted by molar-refractivity contribution is 0.0166. The molecule has 0 aromatic rings. The topological polar surface area (TPSA) is 41.6 Å². The number of hydrogen-bond acceptors (Lipinski definition) is 3. The Morgan fingerprint density at radius 3 is 2.76 bits per heavy atom. The average Bonchev–Trinajstić information content (AvgIpc) is 2.44. The van der Waals surface area contributed by atoms with Gasteiger partial charge in [-0.05, 0) is 46.1 Å². The highest BCUT2D eigenvalue weighted by Gasteiger charge is 2.34. The van der Waals surface area contributed by atoms with Crippen LogP contribution in [0.1, 0.15) is 40.0 Å². The van der Waals surface area contributed by atoms with Crippen LogP contribution in [0.2, 0.25) is 0 Å². The second-order valence-electron chi connectivity index (χ2n) is 6.24. The fourth-order valence-electron chi connectivity index (χ4n) is 2.69. The summed E-state index contributed by atoms with van der Waals surface area (Å²) in [6.45, 7) is 8.57. The highest BCUT2D eigenvalue weighted by molar-refractivity contribution is 5.68. The van der Waals surface area contributed by atoms with Crippen LogP contribution in [0.4, 0.5) is 4.79 Å². The molecule has 2 saturated heterocycles. The first-order chi connectivity index (χ1) is 7.96. The van der Waals surface area contributed by atoms with Gasteiger partial charge >= 0.3 is 6.09 Å². The van der Waals surface area contributed by atoms with E-state index in [0.29, 0.717) is 12.0 Å². The molecule has 0 aromatic heterocycles. The predicted molar refractivity (Wildman–Crippen MR) is 66.9 cm³/mol. The fourth-order valence-corrected chi connectivity index (χ4v) is 2.69. The fraction of sp³-hybridized carbons (Fsp3) is 0.923. The van der Waals surface area contributed by atoms with E-state index in [1.807, 2.05) is 25.7 Å². The number of nitrogens with one attached hydrogen (secondary N) is 1. The van der Waals surface area contributed by atoms with Crippen molar-refractivity contribution >= 4 is 6.09 Å². The Bertz CT molecular complexity index is 276. The van der Waals surface area contributed by atoms with E-state index in [9.17, 15) is 4.79 Å². The van der Waals surface area contributed by atoms with Crippen molar-refractivity contribution in [3.8, 4) is 0 Å². The van der Waals surface area contributed by atoms with Crippen molar-refractivity contribution in [2.45, 2.75) is 51.7 Å². The molecule has 2 fully saturated rings. The number of fused-ring (bicyclic) bond motifs is 3. The molecule has 4 heteroatoms. The first kappa shape index (κ1) is 12.7. The molecule has 4 nitrogen and oxygen atoms in total. The highest BCUT2D eigenvalue weighted by Crippen LogP contribution is 2.25. The molecule has 2 rings (SSSR count). The van der Waals surface area contributed by atoms with Crippen LogP contribution in [0, 0.1) is 5.92 Å². The van der Waals surface area contributed by atoms with Crippen LogP contribution in [0.3, 0.4) is 0 Å². The molecule has 0 radical (unpaired) electrons. The monoisotopic (exact) mass is 240 g/mol. The van der Waals surface area contributed by atoms with Crippen molar-refractivity contribution in [1.82, 2.24) is 10.2 Å². The first-order valence-electron chi connectivity index (χ1n) is 6.66. The van der Waals surface area contributed by atoms with E-state index < -0.39 is 5.60 Å². The van der Waals surface area contributed by atoms with E-state index in [0.717, 1.165) is 26.1 Å². The normalized spacial score (nSPS) is 29.7. The van der Waals surface area contributed by atoms with Crippen LogP contribution in [-0.2, 0) is 4.74 Å². The van der Waals surface area contributed by atoms with Gasteiger partial charge in [0.15, 0.2) is 0 Å². The van der Waals surface area contributed by atoms with E-state index in [4.69, 9.17) is 4.74 Å². The van der Waals surface area contributed by atoms with E-state index >= 15 is 0 Å². The summed E-state index contributed by atoms with van der Waals surface area (Å²) in [7, 11) is 0. The molecule has 1 N–H and O–H groups in total. The van der Waals surface area contributed by atoms with Gasteiger partial charge in [0.1, 0.15) is 5.60 Å². The molecule has 98 valence electrons. The number of amides is 1. The molecule has 2 aliphatic rings. The standard InChI is InChI=1S/C13H24N2O2/c1-13(2,3)17-12(16)15-9-10-5-4-6-11(15)8-14-7-10/h10-11,14H,4-9H2,1-3H3/t10-,11-/m1/s1. The summed E-state index contributed by atoms with van der Waals surface area (Å²) in [4.78, 5) is 14.1. The Morgan fingerprint density at radius 2 is 2.06 bits per heavy atom. The van der Waals surface area contributed by atoms with Crippen LogP contribution < -0.4 is 5.32 Å². The van der Waals surface area contributed by atoms with Gasteiger partial charge < -0.3 is 15.0 Å². The number of hydrogen-bond donors (Lipinski definition) is 1. The summed E-state index contributed by atoms with van der Waals surface area (Å²) in [5.74, 6) is 0.593. The highest BCUT2D eigenvalue weighted by atomic mass is 16.6. The Balaban J connectivity index is 2.06. The lowest BCUT2D eigenvalue weighted by Crippen LogP contribution is -2.45. The zero-order valence-electron chi connectivity index (χ0n) is 11.2. The summed E-state index contributed by atoms with van der Waals surface area (Å²) in [6, 6.07) is 0.317. The summed E-state index contributed by atoms with van der Waals surface area (Å²) in [6.07, 6.45) is 3.42. The van der Waals surface area contributed by atoms with Gasteiger partial charge in [-0.1, -0.05) is 6.42 Å². The lowest BCUT2D eigenvalue weighted by atomic mass is 10.0. The molecule has 0 aliphatic carbocycles. The van der Waals surface area contributed by atoms with Gasteiger partial charge in [-0.25, -0.2) is 4.79 Å². The number of carbonyl (C=O) groups excluding carboxylic acids is 1. The van der Waals surface area contributed by atoms with Gasteiger partial charge in [-0.15, -0.1) is 0 Å². The summed E-state index contributed by atoms with van der Waals surface area (Å²) >= 11 is 0. The van der Waals surface area contributed by atoms with Gasteiger partial charge in [0.25, 0.3) is 0 Å². The van der Waals surface area contributed by atoms with Gasteiger partial charge in [0.2, 0.25) is 0 Å². The maximum Gasteiger partial charge on any atom is 0.410 e. The number of ether oxygens (including phenoxy) is 1. The van der Waals surface area contributed by atoms with Crippen molar-refractivity contribution in [2.75, 3.05) is 19.6 Å². The smallest absolute Gasteiger partial charge is 0.410 e. The molecule has 2 aliphatic heterocycles. The van der Waals surface area contributed by atoms with Gasteiger partial charge in [0, 0.05) is 19.1 Å². The first-order valence-corrected chi connectivity index (χ1v) is 6.66. The minimum Gasteiger partial charge on any atom is -0.444 e. The third-order valence-corrected chi connectivity index (χ3v) is 3.49. The maximum atomic E-state index is 12.2. The van der Waals surface area contributed by atoms with Crippen molar-refractivity contribution in [2.24, 2.45) is 5.92 Å². The Kier molecular flexibility index (Phi) is 3.61. The van der Waals surface area contributed by atoms with Gasteiger partial charge in [-0.2, -0.15) is 0 Å². The molecular formula is C13H24N2O2. The predicted octanol–water partition coefficient (Wildman–Crippen LogP) is 2.00. The number of nitrogens with zero attached hydrogens (tertiary/aromatic N) is 1. The van der Waals surface area contributed by atoms with Gasteiger partial charge in [-0.3, -0.25) is 0 Å². The summed E-state index contributed by atoms with van der Waals surface area (Å²) in [5, 5.41) is 3.45. The van der Waals surface area contributed by atoms with Crippen LogP contribution in [0.15, 0.2) is 0 Å². The quantitative estimate of drug-likeness (QED) is 0.704. The second kappa shape index (κ2) is 4.84. The Labute approximate surface area is 104 Å². The molecule has 2 atom stereocenters. The third kappa shape index (κ3) is 3.35. The minimum atomic E-state index is -0.398. The third-order valence-electron chi connectivity index (χ3n) is 3.49. The van der Waals surface area contributed by atoms with Crippen LogP contribution in [0.5, 0.6) is 0 Å². The van der Waals surface area contributed by atoms with Crippen molar-refractivity contribution in [3.63, 3.8) is 0 Å². The van der Waals surface area contributed by atoms with Crippen LogP contribution >= 0.6 is 0 Å². The Hall–Kier alpha value is -0.770. The van der Waals surface area contributed by atoms with E-state index in [1.54, 1.807) is 0 Å². The van der Waals surface area contributed by atoms with Crippen molar-refractivity contribution in [1.29, 1.82) is 0 Å². The van der Waals surface area contributed by atoms with E-state index in [-0.39, 0.29) is 6.09 Å². The zero-order chi connectivity index (χ0) is 12.5. The minimum absolute atomic E-state index is 0.141. The number of carbonyl (C=O) groups is 1.